The highest BCUT2D eigenvalue weighted by atomic mass is 16.3. The number of para-hydroxylation sites is 1. The number of benzene rings is 4. The van der Waals surface area contributed by atoms with Crippen molar-refractivity contribution in [3.05, 3.63) is 109 Å². The fourth-order valence-electron chi connectivity index (χ4n) is 3.25. The van der Waals surface area contributed by atoms with Crippen LogP contribution in [0.15, 0.2) is 103 Å². The first-order valence-corrected chi connectivity index (χ1v) is 9.02. The van der Waals surface area contributed by atoms with Crippen LogP contribution < -0.4 is 4.90 Å². The molecule has 0 atom stereocenters. The molecule has 0 aromatic heterocycles. The van der Waals surface area contributed by atoms with Crippen LogP contribution in [-0.2, 0) is 0 Å². The molecule has 132 valence electrons. The van der Waals surface area contributed by atoms with E-state index in [0.29, 0.717) is 0 Å². The average Bonchev–Trinajstić information content (AvgIpc) is 2.70. The highest BCUT2D eigenvalue weighted by molar-refractivity contribution is 5.78. The maximum atomic E-state index is 9.49. The number of phenolic OH excluding ortho intramolecular Hbond substituents is 1. The SMILES string of the molecule is Cc1cccc(N(c2ccccc2)c2ccc(-c3ccc(O)cc3)cc2)c1. The highest BCUT2D eigenvalue weighted by Crippen LogP contribution is 2.35. The number of hydrogen-bond donors (Lipinski definition) is 1. The van der Waals surface area contributed by atoms with E-state index in [9.17, 15) is 5.11 Å². The molecule has 2 heteroatoms. The summed E-state index contributed by atoms with van der Waals surface area (Å²) in [5.41, 5.74) is 6.81. The second-order valence-electron chi connectivity index (χ2n) is 6.60. The third kappa shape index (κ3) is 3.70. The van der Waals surface area contributed by atoms with Crippen LogP contribution in [0.3, 0.4) is 0 Å². The first-order valence-electron chi connectivity index (χ1n) is 9.02. The molecule has 0 spiro atoms. The molecule has 27 heavy (non-hydrogen) atoms. The van der Waals surface area contributed by atoms with Gasteiger partial charge in [0, 0.05) is 17.1 Å². The van der Waals surface area contributed by atoms with E-state index in [2.05, 4.69) is 84.6 Å². The van der Waals surface area contributed by atoms with Gasteiger partial charge in [0.2, 0.25) is 0 Å². The zero-order valence-corrected chi connectivity index (χ0v) is 15.2. The summed E-state index contributed by atoms with van der Waals surface area (Å²) in [4.78, 5) is 2.26. The van der Waals surface area contributed by atoms with Crippen molar-refractivity contribution in [1.29, 1.82) is 0 Å². The molecular formula is C25H21NO. The molecule has 0 unspecified atom stereocenters. The topological polar surface area (TPSA) is 23.5 Å². The van der Waals surface area contributed by atoms with E-state index < -0.39 is 0 Å². The minimum absolute atomic E-state index is 0.282. The maximum absolute atomic E-state index is 9.49. The minimum Gasteiger partial charge on any atom is -0.508 e. The lowest BCUT2D eigenvalue weighted by molar-refractivity contribution is 0.475. The lowest BCUT2D eigenvalue weighted by atomic mass is 10.0. The van der Waals surface area contributed by atoms with Crippen molar-refractivity contribution in [1.82, 2.24) is 0 Å². The molecule has 0 amide bonds. The van der Waals surface area contributed by atoms with Gasteiger partial charge < -0.3 is 10.0 Å². The number of rotatable bonds is 4. The zero-order chi connectivity index (χ0) is 18.6. The Hall–Kier alpha value is -3.52. The molecule has 4 rings (SSSR count). The van der Waals surface area contributed by atoms with E-state index >= 15 is 0 Å². The predicted molar refractivity (Wildman–Crippen MR) is 113 cm³/mol. The fourth-order valence-corrected chi connectivity index (χ4v) is 3.25. The van der Waals surface area contributed by atoms with Crippen molar-refractivity contribution in [2.24, 2.45) is 0 Å². The normalized spacial score (nSPS) is 10.6. The Kier molecular flexibility index (Phi) is 4.63. The third-order valence-corrected chi connectivity index (χ3v) is 4.60. The molecule has 0 heterocycles. The van der Waals surface area contributed by atoms with Gasteiger partial charge in [0.05, 0.1) is 0 Å². The van der Waals surface area contributed by atoms with Crippen LogP contribution in [0.2, 0.25) is 0 Å². The Bertz CT molecular complexity index is 1020. The van der Waals surface area contributed by atoms with E-state index in [1.807, 2.05) is 18.2 Å². The Balaban J connectivity index is 1.75. The smallest absolute Gasteiger partial charge is 0.115 e. The molecule has 4 aromatic carbocycles. The van der Waals surface area contributed by atoms with Crippen LogP contribution in [-0.4, -0.2) is 5.11 Å². The fraction of sp³-hybridized carbons (Fsp3) is 0.0400. The second kappa shape index (κ2) is 7.38. The van der Waals surface area contributed by atoms with Crippen molar-refractivity contribution < 1.29 is 5.11 Å². The number of aryl methyl sites for hydroxylation is 1. The zero-order valence-electron chi connectivity index (χ0n) is 15.2. The van der Waals surface area contributed by atoms with Crippen LogP contribution in [0.5, 0.6) is 5.75 Å². The number of phenols is 1. The van der Waals surface area contributed by atoms with Crippen LogP contribution >= 0.6 is 0 Å². The van der Waals surface area contributed by atoms with E-state index in [1.54, 1.807) is 12.1 Å². The van der Waals surface area contributed by atoms with Crippen molar-refractivity contribution >= 4 is 17.1 Å². The van der Waals surface area contributed by atoms with Gasteiger partial charge in [0.15, 0.2) is 0 Å². The molecule has 0 aliphatic carbocycles. The lowest BCUT2D eigenvalue weighted by Gasteiger charge is -2.26. The van der Waals surface area contributed by atoms with Crippen molar-refractivity contribution in [2.45, 2.75) is 6.92 Å². The minimum atomic E-state index is 0.282. The summed E-state index contributed by atoms with van der Waals surface area (Å²) < 4.78 is 0. The van der Waals surface area contributed by atoms with Gasteiger partial charge in [0.1, 0.15) is 5.75 Å². The van der Waals surface area contributed by atoms with Gasteiger partial charge in [-0.3, -0.25) is 0 Å². The van der Waals surface area contributed by atoms with Crippen molar-refractivity contribution in [3.63, 3.8) is 0 Å². The average molecular weight is 351 g/mol. The lowest BCUT2D eigenvalue weighted by Crippen LogP contribution is -2.09. The molecule has 4 aromatic rings. The van der Waals surface area contributed by atoms with E-state index in [0.717, 1.165) is 28.2 Å². The van der Waals surface area contributed by atoms with Crippen LogP contribution in [0.25, 0.3) is 11.1 Å². The summed E-state index contributed by atoms with van der Waals surface area (Å²) in [6.45, 7) is 2.11. The summed E-state index contributed by atoms with van der Waals surface area (Å²) >= 11 is 0. The molecule has 0 saturated carbocycles. The van der Waals surface area contributed by atoms with Gasteiger partial charge in [-0.25, -0.2) is 0 Å². The number of aromatic hydroxyl groups is 1. The first kappa shape index (κ1) is 16.9. The van der Waals surface area contributed by atoms with Crippen molar-refractivity contribution in [2.75, 3.05) is 4.90 Å². The van der Waals surface area contributed by atoms with E-state index in [4.69, 9.17) is 0 Å². The standard InChI is InChI=1S/C25H21NO/c1-19-6-5-9-24(18-19)26(22-7-3-2-4-8-22)23-14-10-20(11-15-23)21-12-16-25(27)17-13-21/h2-18,27H,1H3. The summed E-state index contributed by atoms with van der Waals surface area (Å²) in [6, 6.07) is 34.7. The quantitative estimate of drug-likeness (QED) is 0.435. The number of nitrogens with zero attached hydrogens (tertiary/aromatic N) is 1. The van der Waals surface area contributed by atoms with Gasteiger partial charge in [-0.1, -0.05) is 54.6 Å². The molecule has 0 aliphatic heterocycles. The van der Waals surface area contributed by atoms with E-state index in [1.165, 1.54) is 5.56 Å². The third-order valence-electron chi connectivity index (χ3n) is 4.60. The van der Waals surface area contributed by atoms with Crippen LogP contribution in [0, 0.1) is 6.92 Å². The predicted octanol–water partition coefficient (Wildman–Crippen LogP) is 6.84. The molecule has 2 nitrogen and oxygen atoms in total. The molecule has 0 aliphatic rings. The van der Waals surface area contributed by atoms with Crippen LogP contribution in [0.1, 0.15) is 5.56 Å². The molecule has 0 fully saturated rings. The molecular weight excluding hydrogens is 330 g/mol. The summed E-state index contributed by atoms with van der Waals surface area (Å²) in [7, 11) is 0. The molecule has 1 N–H and O–H groups in total. The Morgan fingerprint density at radius 2 is 1.11 bits per heavy atom. The molecule has 0 radical (unpaired) electrons. The van der Waals surface area contributed by atoms with Gasteiger partial charge in [-0.2, -0.15) is 0 Å². The second-order valence-corrected chi connectivity index (χ2v) is 6.60. The largest absolute Gasteiger partial charge is 0.508 e. The van der Waals surface area contributed by atoms with E-state index in [-0.39, 0.29) is 5.75 Å². The highest BCUT2D eigenvalue weighted by Gasteiger charge is 2.12. The number of hydrogen-bond acceptors (Lipinski definition) is 2. The van der Waals surface area contributed by atoms with Gasteiger partial charge in [0.25, 0.3) is 0 Å². The van der Waals surface area contributed by atoms with Gasteiger partial charge in [-0.15, -0.1) is 0 Å². The summed E-state index contributed by atoms with van der Waals surface area (Å²) in [6.07, 6.45) is 0. The van der Waals surface area contributed by atoms with Crippen molar-refractivity contribution in [3.8, 4) is 16.9 Å². The van der Waals surface area contributed by atoms with Gasteiger partial charge in [-0.05, 0) is 72.1 Å². The monoisotopic (exact) mass is 351 g/mol. The maximum Gasteiger partial charge on any atom is 0.115 e. The Morgan fingerprint density at radius 1 is 0.556 bits per heavy atom. The summed E-state index contributed by atoms with van der Waals surface area (Å²) in [5, 5.41) is 9.49. The molecule has 0 bridgehead atoms. The van der Waals surface area contributed by atoms with Gasteiger partial charge >= 0.3 is 0 Å². The molecule has 0 saturated heterocycles. The number of anilines is 3. The first-order chi connectivity index (χ1) is 13.2. The summed E-state index contributed by atoms with van der Waals surface area (Å²) in [5.74, 6) is 0.282. The van der Waals surface area contributed by atoms with Crippen LogP contribution in [0.4, 0.5) is 17.1 Å². The Morgan fingerprint density at radius 3 is 1.74 bits per heavy atom. The Labute approximate surface area is 160 Å².